The summed E-state index contributed by atoms with van der Waals surface area (Å²) in [6.45, 7) is 1.76. The van der Waals surface area contributed by atoms with Crippen molar-refractivity contribution in [2.45, 2.75) is 25.4 Å². The van der Waals surface area contributed by atoms with E-state index in [2.05, 4.69) is 25.6 Å². The molecule has 0 unspecified atom stereocenters. The van der Waals surface area contributed by atoms with Gasteiger partial charge in [-0.05, 0) is 25.9 Å². The van der Waals surface area contributed by atoms with Crippen LogP contribution >= 0.6 is 0 Å². The highest BCUT2D eigenvalue weighted by Gasteiger charge is 2.16. The molecule has 1 aliphatic heterocycles. The molecule has 1 aromatic heterocycles. The minimum Gasteiger partial charge on any atom is -0.352 e. The van der Waals surface area contributed by atoms with Gasteiger partial charge in [0.1, 0.15) is 6.54 Å². The van der Waals surface area contributed by atoms with Crippen molar-refractivity contribution in [3.63, 3.8) is 0 Å². The van der Waals surface area contributed by atoms with Gasteiger partial charge in [0.25, 0.3) is 0 Å². The molecule has 0 spiro atoms. The Bertz CT molecular complexity index is 563. The molecule has 9 nitrogen and oxygen atoms in total. The van der Waals surface area contributed by atoms with Crippen LogP contribution in [0.5, 0.6) is 0 Å². The zero-order valence-electron chi connectivity index (χ0n) is 11.2. The molecule has 1 amide bonds. The summed E-state index contributed by atoms with van der Waals surface area (Å²) in [4.78, 5) is 13.0. The van der Waals surface area contributed by atoms with Gasteiger partial charge in [0.2, 0.25) is 15.9 Å². The van der Waals surface area contributed by atoms with E-state index in [1.165, 1.54) is 6.20 Å². The summed E-state index contributed by atoms with van der Waals surface area (Å²) in [7, 11) is -3.39. The maximum atomic E-state index is 11.8. The second-order valence-corrected chi connectivity index (χ2v) is 6.47. The van der Waals surface area contributed by atoms with E-state index in [4.69, 9.17) is 0 Å². The molecule has 20 heavy (non-hydrogen) atoms. The molecule has 0 bridgehead atoms. The van der Waals surface area contributed by atoms with Gasteiger partial charge in [-0.3, -0.25) is 9.52 Å². The molecule has 1 aliphatic rings. The lowest BCUT2D eigenvalue weighted by atomic mass is 10.1. The Morgan fingerprint density at radius 3 is 2.85 bits per heavy atom. The van der Waals surface area contributed by atoms with Gasteiger partial charge < -0.3 is 10.6 Å². The first-order valence-electron chi connectivity index (χ1n) is 6.30. The second kappa shape index (κ2) is 6.18. The number of hydrogen-bond donors (Lipinski definition) is 3. The van der Waals surface area contributed by atoms with Gasteiger partial charge in [0.05, 0.1) is 12.5 Å². The Kier molecular flexibility index (Phi) is 4.55. The van der Waals surface area contributed by atoms with Crippen molar-refractivity contribution < 1.29 is 13.2 Å². The Balaban J connectivity index is 1.85. The average Bonchev–Trinajstić information content (AvgIpc) is 2.75. The van der Waals surface area contributed by atoms with E-state index in [0.717, 1.165) is 37.0 Å². The Labute approximate surface area is 117 Å². The molecule has 0 aliphatic carbocycles. The fraction of sp³-hybridized carbons (Fsp3) is 0.700. The van der Waals surface area contributed by atoms with Crippen LogP contribution in [-0.2, 0) is 21.4 Å². The summed E-state index contributed by atoms with van der Waals surface area (Å²) >= 11 is 0. The molecular formula is C10H18N6O3S. The molecule has 2 heterocycles. The number of rotatable bonds is 5. The van der Waals surface area contributed by atoms with Gasteiger partial charge >= 0.3 is 0 Å². The van der Waals surface area contributed by atoms with Gasteiger partial charge in [-0.25, -0.2) is 8.42 Å². The third-order valence-corrected chi connectivity index (χ3v) is 3.40. The van der Waals surface area contributed by atoms with Gasteiger partial charge in [0, 0.05) is 6.04 Å². The molecule has 1 saturated heterocycles. The van der Waals surface area contributed by atoms with E-state index in [0.29, 0.717) is 0 Å². The van der Waals surface area contributed by atoms with E-state index < -0.39 is 10.0 Å². The van der Waals surface area contributed by atoms with Crippen molar-refractivity contribution in [3.05, 3.63) is 6.20 Å². The smallest absolute Gasteiger partial charge is 0.243 e. The van der Waals surface area contributed by atoms with Crippen LogP contribution in [0, 0.1) is 0 Å². The minimum absolute atomic E-state index is 0.0324. The second-order valence-electron chi connectivity index (χ2n) is 4.73. The van der Waals surface area contributed by atoms with Crippen LogP contribution in [0.4, 0.5) is 5.82 Å². The molecule has 112 valence electrons. The van der Waals surface area contributed by atoms with E-state index in [1.54, 1.807) is 0 Å². The zero-order chi connectivity index (χ0) is 14.6. The summed E-state index contributed by atoms with van der Waals surface area (Å²) in [5.41, 5.74) is 0. The number of carbonyl (C=O) groups excluding carboxylic acids is 1. The van der Waals surface area contributed by atoms with Crippen molar-refractivity contribution in [3.8, 4) is 0 Å². The largest absolute Gasteiger partial charge is 0.352 e. The van der Waals surface area contributed by atoms with Crippen LogP contribution in [0.2, 0.25) is 0 Å². The summed E-state index contributed by atoms with van der Waals surface area (Å²) < 4.78 is 24.2. The van der Waals surface area contributed by atoms with Crippen molar-refractivity contribution in [1.82, 2.24) is 25.6 Å². The lowest BCUT2D eigenvalue weighted by Gasteiger charge is -2.23. The van der Waals surface area contributed by atoms with Crippen molar-refractivity contribution in [1.29, 1.82) is 0 Å². The maximum absolute atomic E-state index is 11.8. The summed E-state index contributed by atoms with van der Waals surface area (Å²) in [5.74, 6) is -0.0828. The van der Waals surface area contributed by atoms with Crippen LogP contribution in [0.25, 0.3) is 0 Å². The van der Waals surface area contributed by atoms with Crippen molar-refractivity contribution in [2.75, 3.05) is 24.1 Å². The van der Waals surface area contributed by atoms with Gasteiger partial charge in [-0.2, -0.15) is 9.90 Å². The van der Waals surface area contributed by atoms with Crippen LogP contribution < -0.4 is 15.4 Å². The Morgan fingerprint density at radius 1 is 1.50 bits per heavy atom. The molecule has 1 aromatic rings. The summed E-state index contributed by atoms with van der Waals surface area (Å²) in [6.07, 6.45) is 4.09. The van der Waals surface area contributed by atoms with E-state index in [1.807, 2.05) is 0 Å². The normalized spacial score (nSPS) is 16.9. The van der Waals surface area contributed by atoms with Gasteiger partial charge in [-0.1, -0.05) is 0 Å². The number of hydrogen-bond acceptors (Lipinski definition) is 6. The van der Waals surface area contributed by atoms with Crippen LogP contribution in [-0.4, -0.2) is 54.7 Å². The van der Waals surface area contributed by atoms with Crippen molar-refractivity contribution >= 4 is 21.7 Å². The number of sulfonamides is 1. The fourth-order valence-corrected chi connectivity index (χ4v) is 2.45. The average molecular weight is 302 g/mol. The van der Waals surface area contributed by atoms with E-state index >= 15 is 0 Å². The summed E-state index contributed by atoms with van der Waals surface area (Å²) in [5, 5.41) is 13.8. The first kappa shape index (κ1) is 14.7. The van der Waals surface area contributed by atoms with Crippen LogP contribution in [0.3, 0.4) is 0 Å². The standard InChI is InChI=1S/C10H18N6O3S/c1-20(18,19)15-9-6-12-16(14-9)7-10(17)13-8-2-4-11-5-3-8/h6,8,11H,2-5,7H2,1H3,(H,13,17)(H,14,15). The highest BCUT2D eigenvalue weighted by Crippen LogP contribution is 2.03. The minimum atomic E-state index is -3.39. The molecule has 10 heteroatoms. The SMILES string of the molecule is CS(=O)(=O)Nc1cnn(CC(=O)NC2CCNCC2)n1. The molecule has 0 aromatic carbocycles. The molecule has 1 fully saturated rings. The number of nitrogens with one attached hydrogen (secondary N) is 3. The zero-order valence-corrected chi connectivity index (χ0v) is 12.0. The predicted molar refractivity (Wildman–Crippen MR) is 72.5 cm³/mol. The van der Waals surface area contributed by atoms with E-state index in [-0.39, 0.29) is 24.3 Å². The molecule has 0 atom stereocenters. The quantitative estimate of drug-likeness (QED) is 0.610. The number of nitrogens with zero attached hydrogens (tertiary/aromatic N) is 3. The van der Waals surface area contributed by atoms with Gasteiger partial charge in [0.15, 0.2) is 5.82 Å². The molecule has 0 radical (unpaired) electrons. The molecule has 3 N–H and O–H groups in total. The first-order chi connectivity index (χ1) is 9.42. The third-order valence-electron chi connectivity index (χ3n) is 2.82. The fourth-order valence-electron chi connectivity index (χ4n) is 1.98. The molecule has 2 rings (SSSR count). The maximum Gasteiger partial charge on any atom is 0.243 e. The van der Waals surface area contributed by atoms with Crippen LogP contribution in [0.1, 0.15) is 12.8 Å². The summed E-state index contributed by atoms with van der Waals surface area (Å²) in [6, 6.07) is 0.174. The number of anilines is 1. The lowest BCUT2D eigenvalue weighted by molar-refractivity contribution is -0.122. The molecular weight excluding hydrogens is 284 g/mol. The highest BCUT2D eigenvalue weighted by molar-refractivity contribution is 7.92. The lowest BCUT2D eigenvalue weighted by Crippen LogP contribution is -2.44. The monoisotopic (exact) mass is 302 g/mol. The Hall–Kier alpha value is -1.68. The van der Waals surface area contributed by atoms with E-state index in [9.17, 15) is 13.2 Å². The van der Waals surface area contributed by atoms with Gasteiger partial charge in [-0.15, -0.1) is 5.10 Å². The Morgan fingerprint density at radius 2 is 2.20 bits per heavy atom. The van der Waals surface area contributed by atoms with Crippen LogP contribution in [0.15, 0.2) is 6.20 Å². The number of piperidine rings is 1. The highest BCUT2D eigenvalue weighted by atomic mass is 32.2. The topological polar surface area (TPSA) is 118 Å². The predicted octanol–water partition coefficient (Wildman–Crippen LogP) is -1.48. The number of carbonyl (C=O) groups is 1. The number of amides is 1. The molecule has 0 saturated carbocycles. The first-order valence-corrected chi connectivity index (χ1v) is 8.19. The van der Waals surface area contributed by atoms with Crippen molar-refractivity contribution in [2.24, 2.45) is 0 Å². The number of aromatic nitrogens is 3. The third kappa shape index (κ3) is 4.78.